The second-order valence-corrected chi connectivity index (χ2v) is 5.56. The molecule has 0 aliphatic carbocycles. The molecule has 2 nitrogen and oxygen atoms in total. The average Bonchev–Trinajstić information content (AvgIpc) is 2.73. The molecule has 16 heavy (non-hydrogen) atoms. The lowest BCUT2D eigenvalue weighted by Crippen LogP contribution is -2.05. The van der Waals surface area contributed by atoms with Crippen molar-refractivity contribution in [1.82, 2.24) is 4.98 Å². The fourth-order valence-electron chi connectivity index (χ4n) is 1.24. The molecule has 0 unspecified atom stereocenters. The van der Waals surface area contributed by atoms with Crippen molar-refractivity contribution >= 4 is 23.1 Å². The van der Waals surface area contributed by atoms with Gasteiger partial charge in [-0.25, -0.2) is 9.37 Å². The van der Waals surface area contributed by atoms with Crippen LogP contribution in [0.3, 0.4) is 0 Å². The van der Waals surface area contributed by atoms with Gasteiger partial charge in [-0.15, -0.1) is 11.3 Å². The van der Waals surface area contributed by atoms with Crippen LogP contribution in [0, 0.1) is 5.82 Å². The number of thiazole rings is 1. The summed E-state index contributed by atoms with van der Waals surface area (Å²) in [5.41, 5.74) is 6.49. The third-order valence-corrected chi connectivity index (χ3v) is 4.02. The number of hydrogen-bond donors (Lipinski definition) is 1. The van der Waals surface area contributed by atoms with Crippen LogP contribution in [0.15, 0.2) is 39.0 Å². The van der Waals surface area contributed by atoms with Gasteiger partial charge in [0.1, 0.15) is 5.82 Å². The molecule has 1 aromatic carbocycles. The van der Waals surface area contributed by atoms with Crippen LogP contribution in [0.4, 0.5) is 4.39 Å². The van der Waals surface area contributed by atoms with Crippen molar-refractivity contribution in [3.63, 3.8) is 0 Å². The van der Waals surface area contributed by atoms with Crippen molar-refractivity contribution in [2.45, 2.75) is 22.2 Å². The minimum atomic E-state index is -0.241. The Hall–Kier alpha value is -0.910. The first-order valence-corrected chi connectivity index (χ1v) is 6.49. The van der Waals surface area contributed by atoms with Gasteiger partial charge in [0.25, 0.3) is 0 Å². The maximum absolute atomic E-state index is 13.7. The van der Waals surface area contributed by atoms with Gasteiger partial charge in [0.15, 0.2) is 4.34 Å². The van der Waals surface area contributed by atoms with Crippen LogP contribution in [0.5, 0.6) is 0 Å². The Morgan fingerprint density at radius 2 is 2.31 bits per heavy atom. The lowest BCUT2D eigenvalue weighted by Gasteiger charge is -2.07. The quantitative estimate of drug-likeness (QED) is 0.911. The largest absolute Gasteiger partial charge is 0.324 e. The van der Waals surface area contributed by atoms with Gasteiger partial charge in [0.05, 0.1) is 4.90 Å². The molecular formula is C11H11FN2S2. The number of halogens is 1. The van der Waals surface area contributed by atoms with Crippen LogP contribution in [-0.2, 0) is 0 Å². The molecule has 1 heterocycles. The van der Waals surface area contributed by atoms with Gasteiger partial charge in [-0.2, -0.15) is 0 Å². The van der Waals surface area contributed by atoms with E-state index in [1.54, 1.807) is 12.3 Å². The molecule has 5 heteroatoms. The lowest BCUT2D eigenvalue weighted by atomic mass is 10.1. The number of nitrogens with two attached hydrogens (primary N) is 1. The highest BCUT2D eigenvalue weighted by Gasteiger charge is 2.08. The van der Waals surface area contributed by atoms with Crippen LogP contribution in [-0.4, -0.2) is 4.98 Å². The molecule has 0 spiro atoms. The molecule has 2 rings (SSSR count). The summed E-state index contributed by atoms with van der Waals surface area (Å²) in [6.45, 7) is 1.84. The van der Waals surface area contributed by atoms with E-state index in [1.807, 2.05) is 18.4 Å². The molecule has 1 atom stereocenters. The Kier molecular flexibility index (Phi) is 3.58. The number of aromatic nitrogens is 1. The van der Waals surface area contributed by atoms with Gasteiger partial charge in [-0.05, 0) is 24.6 Å². The summed E-state index contributed by atoms with van der Waals surface area (Å²) >= 11 is 2.83. The summed E-state index contributed by atoms with van der Waals surface area (Å²) in [7, 11) is 0. The van der Waals surface area contributed by atoms with E-state index < -0.39 is 0 Å². The highest BCUT2D eigenvalue weighted by atomic mass is 32.2. The second-order valence-electron chi connectivity index (χ2n) is 3.38. The van der Waals surface area contributed by atoms with Crippen molar-refractivity contribution < 1.29 is 4.39 Å². The van der Waals surface area contributed by atoms with Gasteiger partial charge in [0.2, 0.25) is 0 Å². The van der Waals surface area contributed by atoms with Crippen molar-refractivity contribution in [1.29, 1.82) is 0 Å². The molecule has 0 aliphatic rings. The SMILES string of the molecule is C[C@@H](N)c1ccc(Sc2nccs2)c(F)c1. The molecule has 0 saturated carbocycles. The van der Waals surface area contributed by atoms with E-state index in [4.69, 9.17) is 5.73 Å². The van der Waals surface area contributed by atoms with Gasteiger partial charge >= 0.3 is 0 Å². The van der Waals surface area contributed by atoms with Crippen LogP contribution in [0.2, 0.25) is 0 Å². The molecular weight excluding hydrogens is 243 g/mol. The number of hydrogen-bond acceptors (Lipinski definition) is 4. The summed E-state index contributed by atoms with van der Waals surface area (Å²) in [6, 6.07) is 4.94. The van der Waals surface area contributed by atoms with E-state index in [1.165, 1.54) is 29.2 Å². The molecule has 0 amide bonds. The molecule has 2 aromatic rings. The summed E-state index contributed by atoms with van der Waals surface area (Å²) in [4.78, 5) is 4.68. The smallest absolute Gasteiger partial charge is 0.154 e. The third kappa shape index (κ3) is 2.61. The normalized spacial score (nSPS) is 12.7. The topological polar surface area (TPSA) is 38.9 Å². The van der Waals surface area contributed by atoms with Crippen LogP contribution in [0.25, 0.3) is 0 Å². The lowest BCUT2D eigenvalue weighted by molar-refractivity contribution is 0.596. The highest BCUT2D eigenvalue weighted by molar-refractivity contribution is 8.01. The van der Waals surface area contributed by atoms with Crippen LogP contribution < -0.4 is 5.73 Å². The van der Waals surface area contributed by atoms with Crippen molar-refractivity contribution in [2.24, 2.45) is 5.73 Å². The van der Waals surface area contributed by atoms with Gasteiger partial charge in [-0.1, -0.05) is 17.8 Å². The zero-order chi connectivity index (χ0) is 11.5. The summed E-state index contributed by atoms with van der Waals surface area (Å²) in [5.74, 6) is -0.241. The minimum absolute atomic E-state index is 0.145. The van der Waals surface area contributed by atoms with Crippen molar-refractivity contribution in [3.8, 4) is 0 Å². The molecule has 0 bridgehead atoms. The van der Waals surface area contributed by atoms with Gasteiger partial charge < -0.3 is 5.73 Å². The van der Waals surface area contributed by atoms with Crippen LogP contribution >= 0.6 is 23.1 Å². The van der Waals surface area contributed by atoms with E-state index in [2.05, 4.69) is 4.98 Å². The number of nitrogens with zero attached hydrogens (tertiary/aromatic N) is 1. The first kappa shape index (κ1) is 11.6. The molecule has 84 valence electrons. The fourth-order valence-corrected chi connectivity index (χ4v) is 2.82. The summed E-state index contributed by atoms with van der Waals surface area (Å²) in [6.07, 6.45) is 1.71. The van der Waals surface area contributed by atoms with Gasteiger partial charge in [0, 0.05) is 17.6 Å². The maximum Gasteiger partial charge on any atom is 0.154 e. The first-order chi connectivity index (χ1) is 7.66. The van der Waals surface area contributed by atoms with Crippen LogP contribution in [0.1, 0.15) is 18.5 Å². The zero-order valence-electron chi connectivity index (χ0n) is 8.68. The Morgan fingerprint density at radius 3 is 2.88 bits per heavy atom. The third-order valence-electron chi connectivity index (χ3n) is 2.09. The predicted octanol–water partition coefficient (Wildman–Crippen LogP) is 3.45. The molecule has 0 radical (unpaired) electrons. The van der Waals surface area contributed by atoms with Crippen molar-refractivity contribution in [3.05, 3.63) is 41.2 Å². The summed E-state index contributed by atoms with van der Waals surface area (Å²) in [5, 5.41) is 1.87. The molecule has 0 saturated heterocycles. The molecule has 1 aromatic heterocycles. The fraction of sp³-hybridized carbons (Fsp3) is 0.182. The molecule has 0 aliphatic heterocycles. The predicted molar refractivity (Wildman–Crippen MR) is 65.2 cm³/mol. The Labute approximate surface area is 102 Å². The van der Waals surface area contributed by atoms with E-state index >= 15 is 0 Å². The Morgan fingerprint density at radius 1 is 1.50 bits per heavy atom. The van der Waals surface area contributed by atoms with E-state index in [0.717, 1.165) is 9.90 Å². The average molecular weight is 254 g/mol. The van der Waals surface area contributed by atoms with E-state index in [-0.39, 0.29) is 11.9 Å². The first-order valence-electron chi connectivity index (χ1n) is 4.79. The summed E-state index contributed by atoms with van der Waals surface area (Å²) < 4.78 is 14.5. The number of rotatable bonds is 3. The Balaban J connectivity index is 2.23. The van der Waals surface area contributed by atoms with E-state index in [0.29, 0.717) is 4.90 Å². The number of benzene rings is 1. The maximum atomic E-state index is 13.7. The minimum Gasteiger partial charge on any atom is -0.324 e. The second kappa shape index (κ2) is 4.95. The van der Waals surface area contributed by atoms with E-state index in [9.17, 15) is 4.39 Å². The highest BCUT2D eigenvalue weighted by Crippen LogP contribution is 2.31. The van der Waals surface area contributed by atoms with Gasteiger partial charge in [-0.3, -0.25) is 0 Å². The Bertz CT molecular complexity index is 469. The monoisotopic (exact) mass is 254 g/mol. The zero-order valence-corrected chi connectivity index (χ0v) is 10.3. The molecule has 2 N–H and O–H groups in total. The van der Waals surface area contributed by atoms with Crippen molar-refractivity contribution in [2.75, 3.05) is 0 Å². The molecule has 0 fully saturated rings. The standard InChI is InChI=1S/C11H11FN2S2/c1-7(13)8-2-3-10(9(12)6-8)16-11-14-4-5-15-11/h2-7H,13H2,1H3/t7-/m1/s1.